The predicted molar refractivity (Wildman–Crippen MR) is 86.6 cm³/mol. The molecular weight excluding hydrogens is 264 g/mol. The minimum Gasteiger partial charge on any atom is -0.380 e. The van der Waals surface area contributed by atoms with Gasteiger partial charge in [0, 0.05) is 17.3 Å². The number of allylic oxidation sites excluding steroid dienone is 2. The summed E-state index contributed by atoms with van der Waals surface area (Å²) in [5.74, 6) is 0. The van der Waals surface area contributed by atoms with E-state index in [1.165, 1.54) is 16.7 Å². The van der Waals surface area contributed by atoms with Crippen molar-refractivity contribution in [2.75, 3.05) is 0 Å². The summed E-state index contributed by atoms with van der Waals surface area (Å²) in [5.41, 5.74) is 3.74. The minimum atomic E-state index is 0.234. The summed E-state index contributed by atoms with van der Waals surface area (Å²) in [6, 6.07) is 8.74. The Hall–Kier alpha value is -1.87. The molecule has 0 spiro atoms. The Balaban J connectivity index is 1.68. The van der Waals surface area contributed by atoms with Crippen LogP contribution in [0, 0.1) is 0 Å². The molecule has 0 aliphatic carbocycles. The van der Waals surface area contributed by atoms with Crippen LogP contribution in [0.3, 0.4) is 0 Å². The molecule has 2 unspecified atom stereocenters. The molecule has 1 aromatic rings. The maximum atomic E-state index is 4.31. The van der Waals surface area contributed by atoms with E-state index in [4.69, 9.17) is 0 Å². The van der Waals surface area contributed by atoms with Crippen molar-refractivity contribution in [3.05, 3.63) is 77.7 Å². The van der Waals surface area contributed by atoms with Gasteiger partial charge in [-0.3, -0.25) is 0 Å². The van der Waals surface area contributed by atoms with Gasteiger partial charge in [-0.1, -0.05) is 36.4 Å². The van der Waals surface area contributed by atoms with Gasteiger partial charge in [0.15, 0.2) is 0 Å². The van der Waals surface area contributed by atoms with E-state index in [0.29, 0.717) is 0 Å². The van der Waals surface area contributed by atoms with Crippen molar-refractivity contribution in [2.24, 2.45) is 0 Å². The molecule has 0 saturated carbocycles. The third kappa shape index (κ3) is 2.83. The van der Waals surface area contributed by atoms with Crippen molar-refractivity contribution in [1.82, 2.24) is 10.6 Å². The second kappa shape index (κ2) is 5.63. The van der Waals surface area contributed by atoms with Crippen molar-refractivity contribution >= 4 is 12.6 Å². The molecule has 2 heterocycles. The molecule has 0 bridgehead atoms. The zero-order chi connectivity index (χ0) is 13.9. The smallest absolute Gasteiger partial charge is 0.0709 e. The molecule has 0 radical (unpaired) electrons. The predicted octanol–water partition coefficient (Wildman–Crippen LogP) is 3.49. The summed E-state index contributed by atoms with van der Waals surface area (Å²) in [7, 11) is 0. The molecule has 0 fully saturated rings. The van der Waals surface area contributed by atoms with Crippen LogP contribution in [0.4, 0.5) is 0 Å². The zero-order valence-corrected chi connectivity index (χ0v) is 12.3. The van der Waals surface area contributed by atoms with Crippen LogP contribution in [0.25, 0.3) is 0 Å². The van der Waals surface area contributed by atoms with Crippen LogP contribution in [0.1, 0.15) is 18.5 Å². The molecule has 2 N–H and O–H groups in total. The molecule has 2 atom stereocenters. The molecule has 2 aliphatic heterocycles. The van der Waals surface area contributed by atoms with E-state index in [-0.39, 0.29) is 12.1 Å². The first-order chi connectivity index (χ1) is 9.72. The second-order valence-corrected chi connectivity index (χ2v) is 5.65. The first kappa shape index (κ1) is 13.1. The average molecular weight is 282 g/mol. The molecular formula is C17H18N2S. The normalized spacial score (nSPS) is 24.5. The van der Waals surface area contributed by atoms with Crippen LogP contribution in [0.5, 0.6) is 0 Å². The number of thiol groups is 1. The van der Waals surface area contributed by atoms with Crippen molar-refractivity contribution in [3.8, 4) is 0 Å². The van der Waals surface area contributed by atoms with Crippen molar-refractivity contribution in [3.63, 3.8) is 0 Å². The maximum absolute atomic E-state index is 4.31. The van der Waals surface area contributed by atoms with Crippen LogP contribution in [0.15, 0.2) is 77.0 Å². The van der Waals surface area contributed by atoms with Gasteiger partial charge in [0.05, 0.1) is 12.1 Å². The molecule has 3 rings (SSSR count). The number of hydrogen-bond acceptors (Lipinski definition) is 3. The third-order valence-electron chi connectivity index (χ3n) is 3.56. The van der Waals surface area contributed by atoms with E-state index in [2.05, 4.69) is 79.0 Å². The summed E-state index contributed by atoms with van der Waals surface area (Å²) in [5, 5.41) is 6.83. The molecule has 0 saturated heterocycles. The van der Waals surface area contributed by atoms with Crippen molar-refractivity contribution in [1.29, 1.82) is 0 Å². The van der Waals surface area contributed by atoms with Crippen LogP contribution < -0.4 is 10.6 Å². The van der Waals surface area contributed by atoms with Crippen molar-refractivity contribution in [2.45, 2.75) is 23.9 Å². The highest BCUT2D eigenvalue weighted by Crippen LogP contribution is 2.22. The van der Waals surface area contributed by atoms with Crippen LogP contribution in [-0.4, -0.2) is 6.04 Å². The number of benzene rings is 1. The first-order valence-corrected chi connectivity index (χ1v) is 7.21. The Morgan fingerprint density at radius 1 is 0.900 bits per heavy atom. The summed E-state index contributed by atoms with van der Waals surface area (Å²) in [6.07, 6.45) is 12.9. The minimum absolute atomic E-state index is 0.234. The maximum Gasteiger partial charge on any atom is 0.0709 e. The van der Waals surface area contributed by atoms with E-state index in [0.717, 1.165) is 4.90 Å². The van der Waals surface area contributed by atoms with Crippen LogP contribution >= 0.6 is 12.6 Å². The highest BCUT2D eigenvalue weighted by Gasteiger charge is 2.15. The van der Waals surface area contributed by atoms with Gasteiger partial charge in [0.1, 0.15) is 0 Å². The summed E-state index contributed by atoms with van der Waals surface area (Å²) < 4.78 is 0. The standard InChI is InChI=1S/C17H18N2S/c1-12-2-8-17(18-10-12)14-5-9-16(19-11-14)13-3-6-15(20)7-4-13/h2-11,16-20H,1H3. The van der Waals surface area contributed by atoms with Gasteiger partial charge in [-0.15, -0.1) is 12.6 Å². The fourth-order valence-electron chi connectivity index (χ4n) is 2.36. The van der Waals surface area contributed by atoms with Crippen molar-refractivity contribution < 1.29 is 0 Å². The van der Waals surface area contributed by atoms with Gasteiger partial charge in [0.25, 0.3) is 0 Å². The molecule has 0 aromatic heterocycles. The molecule has 2 aliphatic rings. The summed E-state index contributed by atoms with van der Waals surface area (Å²) in [4.78, 5) is 0.989. The number of rotatable bonds is 2. The lowest BCUT2D eigenvalue weighted by Gasteiger charge is -2.24. The molecule has 1 aromatic carbocycles. The van der Waals surface area contributed by atoms with E-state index >= 15 is 0 Å². The molecule has 0 amide bonds. The molecule has 2 nitrogen and oxygen atoms in total. The van der Waals surface area contributed by atoms with E-state index < -0.39 is 0 Å². The van der Waals surface area contributed by atoms with Gasteiger partial charge in [-0.25, -0.2) is 0 Å². The SMILES string of the molecule is CC1=CNC(C2=CNC(c3ccc(S)cc3)C=C2)C=C1. The lowest BCUT2D eigenvalue weighted by atomic mass is 9.98. The van der Waals surface area contributed by atoms with Gasteiger partial charge >= 0.3 is 0 Å². The lowest BCUT2D eigenvalue weighted by molar-refractivity contribution is 0.707. The van der Waals surface area contributed by atoms with Gasteiger partial charge < -0.3 is 10.6 Å². The monoisotopic (exact) mass is 282 g/mol. The number of nitrogens with one attached hydrogen (secondary N) is 2. The quantitative estimate of drug-likeness (QED) is 0.723. The number of hydrogen-bond donors (Lipinski definition) is 3. The van der Waals surface area contributed by atoms with Gasteiger partial charge in [-0.2, -0.15) is 0 Å². The van der Waals surface area contributed by atoms with Gasteiger partial charge in [-0.05, 0) is 35.8 Å². The Bertz CT molecular complexity index is 608. The molecule has 102 valence electrons. The zero-order valence-electron chi connectivity index (χ0n) is 11.4. The highest BCUT2D eigenvalue weighted by atomic mass is 32.1. The summed E-state index contributed by atoms with van der Waals surface area (Å²) >= 11 is 4.31. The van der Waals surface area contributed by atoms with E-state index in [1.54, 1.807) is 0 Å². The Morgan fingerprint density at radius 2 is 1.60 bits per heavy atom. The fraction of sp³-hybridized carbons (Fsp3) is 0.176. The van der Waals surface area contributed by atoms with Crippen LogP contribution in [-0.2, 0) is 0 Å². The van der Waals surface area contributed by atoms with E-state index in [1.807, 2.05) is 12.1 Å². The Labute approximate surface area is 125 Å². The molecule has 3 heteroatoms. The lowest BCUT2D eigenvalue weighted by Crippen LogP contribution is -2.29. The largest absolute Gasteiger partial charge is 0.380 e. The topological polar surface area (TPSA) is 24.1 Å². The average Bonchev–Trinajstić information content (AvgIpc) is 2.49. The van der Waals surface area contributed by atoms with Crippen LogP contribution in [0.2, 0.25) is 0 Å². The highest BCUT2D eigenvalue weighted by molar-refractivity contribution is 7.80. The third-order valence-corrected chi connectivity index (χ3v) is 3.86. The Kier molecular flexibility index (Phi) is 3.70. The second-order valence-electron chi connectivity index (χ2n) is 5.13. The number of dihydropyridines is 2. The van der Waals surface area contributed by atoms with E-state index in [9.17, 15) is 0 Å². The first-order valence-electron chi connectivity index (χ1n) is 6.77. The summed E-state index contributed by atoms with van der Waals surface area (Å²) in [6.45, 7) is 2.09. The molecule has 20 heavy (non-hydrogen) atoms. The Morgan fingerprint density at radius 3 is 2.20 bits per heavy atom. The fourth-order valence-corrected chi connectivity index (χ4v) is 2.51. The van der Waals surface area contributed by atoms with Gasteiger partial charge in [0.2, 0.25) is 0 Å².